The molecule has 0 atom stereocenters. The van der Waals surface area contributed by atoms with Gasteiger partial charge in [0.2, 0.25) is 0 Å². The van der Waals surface area contributed by atoms with Crippen LogP contribution < -0.4 is 11.5 Å². The summed E-state index contributed by atoms with van der Waals surface area (Å²) in [6.07, 6.45) is 3.82. The molecule has 0 aromatic heterocycles. The Bertz CT molecular complexity index is 612. The second kappa shape index (κ2) is 4.89. The molecule has 4 aliphatic carbocycles. The SMILES string of the molecule is Nc1cc2ccc1CCc1cc(N)c(c(Br)c1)CC2. The van der Waals surface area contributed by atoms with Crippen molar-refractivity contribution in [2.75, 3.05) is 11.5 Å². The molecule has 3 heteroatoms. The normalized spacial score (nSPS) is 14.2. The first-order valence-corrected chi connectivity index (χ1v) is 7.37. The molecule has 0 aliphatic heterocycles. The molecule has 98 valence electrons. The van der Waals surface area contributed by atoms with Crippen molar-refractivity contribution >= 4 is 27.3 Å². The van der Waals surface area contributed by atoms with Gasteiger partial charge in [0.25, 0.3) is 0 Å². The van der Waals surface area contributed by atoms with Crippen molar-refractivity contribution in [3.05, 3.63) is 57.1 Å². The number of aryl methyl sites for hydroxylation is 3. The standard InChI is InChI=1S/C16H17BrN2/c17-14-7-11-2-5-12-4-1-10(8-15(12)18)3-6-13(14)16(19)9-11/h1,4,7-9H,2-3,5-6,18-19H2. The zero-order valence-corrected chi connectivity index (χ0v) is 12.3. The number of hydrogen-bond donors (Lipinski definition) is 2. The second-order valence-corrected chi connectivity index (χ2v) is 6.03. The van der Waals surface area contributed by atoms with Crippen LogP contribution in [0.1, 0.15) is 22.3 Å². The minimum Gasteiger partial charge on any atom is -0.398 e. The van der Waals surface area contributed by atoms with E-state index in [2.05, 4.69) is 46.3 Å². The second-order valence-electron chi connectivity index (χ2n) is 5.18. The average molecular weight is 317 g/mol. The van der Waals surface area contributed by atoms with Gasteiger partial charge < -0.3 is 11.5 Å². The molecule has 0 radical (unpaired) electrons. The highest BCUT2D eigenvalue weighted by atomic mass is 79.9. The van der Waals surface area contributed by atoms with Gasteiger partial charge in [0, 0.05) is 15.8 Å². The van der Waals surface area contributed by atoms with Crippen LogP contribution in [0, 0.1) is 0 Å². The van der Waals surface area contributed by atoms with Crippen molar-refractivity contribution in [1.82, 2.24) is 0 Å². The summed E-state index contributed by atoms with van der Waals surface area (Å²) in [5.74, 6) is 0. The fourth-order valence-electron chi connectivity index (χ4n) is 2.70. The molecule has 6 rings (SSSR count). The number of nitrogen functional groups attached to an aromatic ring is 2. The molecule has 4 bridgehead atoms. The van der Waals surface area contributed by atoms with E-state index in [4.69, 9.17) is 11.5 Å². The van der Waals surface area contributed by atoms with Gasteiger partial charge in [0.1, 0.15) is 0 Å². The van der Waals surface area contributed by atoms with Gasteiger partial charge in [-0.2, -0.15) is 0 Å². The summed E-state index contributed by atoms with van der Waals surface area (Å²) in [5.41, 5.74) is 19.1. The zero-order valence-electron chi connectivity index (χ0n) is 10.7. The van der Waals surface area contributed by atoms with E-state index in [0.717, 1.165) is 41.5 Å². The largest absolute Gasteiger partial charge is 0.398 e. The van der Waals surface area contributed by atoms with Crippen LogP contribution >= 0.6 is 15.9 Å². The van der Waals surface area contributed by atoms with Crippen LogP contribution in [0.15, 0.2) is 34.8 Å². The lowest BCUT2D eigenvalue weighted by atomic mass is 9.95. The molecule has 0 saturated heterocycles. The van der Waals surface area contributed by atoms with Crippen molar-refractivity contribution in [2.45, 2.75) is 25.7 Å². The summed E-state index contributed by atoms with van der Waals surface area (Å²) in [7, 11) is 0. The Kier molecular flexibility index (Phi) is 3.23. The van der Waals surface area contributed by atoms with Crippen LogP contribution in [-0.2, 0) is 25.7 Å². The van der Waals surface area contributed by atoms with Crippen molar-refractivity contribution in [3.8, 4) is 0 Å². The monoisotopic (exact) mass is 316 g/mol. The Morgan fingerprint density at radius 2 is 1.53 bits per heavy atom. The predicted molar refractivity (Wildman–Crippen MR) is 84.2 cm³/mol. The number of halogens is 1. The maximum atomic E-state index is 6.17. The predicted octanol–water partition coefficient (Wildman–Crippen LogP) is 3.50. The zero-order chi connectivity index (χ0) is 13.4. The first kappa shape index (κ1) is 12.5. The molecular formula is C16H17BrN2. The van der Waals surface area contributed by atoms with E-state index in [-0.39, 0.29) is 0 Å². The van der Waals surface area contributed by atoms with Crippen LogP contribution in [0.5, 0.6) is 0 Å². The topological polar surface area (TPSA) is 52.0 Å². The lowest BCUT2D eigenvalue weighted by molar-refractivity contribution is 0.921. The number of rotatable bonds is 0. The van der Waals surface area contributed by atoms with Crippen molar-refractivity contribution in [3.63, 3.8) is 0 Å². The summed E-state index contributed by atoms with van der Waals surface area (Å²) in [6.45, 7) is 0. The molecule has 0 heterocycles. The first-order chi connectivity index (χ1) is 9.13. The maximum Gasteiger partial charge on any atom is 0.0360 e. The molecule has 0 unspecified atom stereocenters. The Morgan fingerprint density at radius 1 is 0.789 bits per heavy atom. The van der Waals surface area contributed by atoms with Crippen molar-refractivity contribution in [1.29, 1.82) is 0 Å². The van der Waals surface area contributed by atoms with E-state index in [0.29, 0.717) is 0 Å². The van der Waals surface area contributed by atoms with Crippen molar-refractivity contribution < 1.29 is 0 Å². The average Bonchev–Trinajstić information content (AvgIpc) is 2.34. The Balaban J connectivity index is 2.07. The molecule has 4 aliphatic rings. The van der Waals surface area contributed by atoms with Crippen LogP contribution in [0.25, 0.3) is 0 Å². The smallest absolute Gasteiger partial charge is 0.0360 e. The summed E-state index contributed by atoms with van der Waals surface area (Å²) in [4.78, 5) is 0. The third-order valence-electron chi connectivity index (χ3n) is 3.85. The van der Waals surface area contributed by atoms with E-state index in [9.17, 15) is 0 Å². The lowest BCUT2D eigenvalue weighted by Gasteiger charge is -2.15. The molecule has 0 amide bonds. The third-order valence-corrected chi connectivity index (χ3v) is 4.55. The van der Waals surface area contributed by atoms with E-state index in [1.54, 1.807) is 0 Å². The maximum absolute atomic E-state index is 6.17. The molecule has 0 saturated carbocycles. The fraction of sp³-hybridized carbons (Fsp3) is 0.250. The van der Waals surface area contributed by atoms with E-state index in [1.165, 1.54) is 22.3 Å². The summed E-state index contributed by atoms with van der Waals surface area (Å²) in [6, 6.07) is 10.7. The van der Waals surface area contributed by atoms with Gasteiger partial charge in [-0.25, -0.2) is 0 Å². The lowest BCUT2D eigenvalue weighted by Crippen LogP contribution is -2.05. The molecule has 0 spiro atoms. The molecule has 2 aromatic rings. The van der Waals surface area contributed by atoms with Crippen LogP contribution in [0.2, 0.25) is 0 Å². The minimum absolute atomic E-state index is 0.896. The highest BCUT2D eigenvalue weighted by Crippen LogP contribution is 2.29. The molecule has 2 aromatic carbocycles. The number of anilines is 2. The van der Waals surface area contributed by atoms with Gasteiger partial charge in [-0.15, -0.1) is 0 Å². The van der Waals surface area contributed by atoms with E-state index in [1.807, 2.05) is 0 Å². The number of nitrogens with two attached hydrogens (primary N) is 2. The van der Waals surface area contributed by atoms with Gasteiger partial charge in [-0.1, -0.05) is 28.1 Å². The summed E-state index contributed by atoms with van der Waals surface area (Å²) in [5, 5.41) is 0. The third kappa shape index (κ3) is 2.47. The van der Waals surface area contributed by atoms with Crippen molar-refractivity contribution in [2.24, 2.45) is 0 Å². The van der Waals surface area contributed by atoms with Crippen LogP contribution in [0.3, 0.4) is 0 Å². The minimum atomic E-state index is 0.896. The van der Waals surface area contributed by atoms with E-state index < -0.39 is 0 Å². The van der Waals surface area contributed by atoms with Gasteiger partial charge in [0.15, 0.2) is 0 Å². The molecular weight excluding hydrogens is 300 g/mol. The van der Waals surface area contributed by atoms with Gasteiger partial charge in [0.05, 0.1) is 0 Å². The Morgan fingerprint density at radius 3 is 2.26 bits per heavy atom. The van der Waals surface area contributed by atoms with E-state index >= 15 is 0 Å². The fourth-order valence-corrected chi connectivity index (χ4v) is 3.42. The Hall–Kier alpha value is -1.48. The van der Waals surface area contributed by atoms with Crippen LogP contribution in [0.4, 0.5) is 11.4 Å². The highest BCUT2D eigenvalue weighted by molar-refractivity contribution is 9.10. The Labute approximate surface area is 121 Å². The van der Waals surface area contributed by atoms with Crippen LogP contribution in [-0.4, -0.2) is 0 Å². The quantitative estimate of drug-likeness (QED) is 0.731. The summed E-state index contributed by atoms with van der Waals surface area (Å²) >= 11 is 3.65. The molecule has 0 fully saturated rings. The molecule has 4 N–H and O–H groups in total. The van der Waals surface area contributed by atoms with Gasteiger partial charge in [-0.05, 0) is 66.1 Å². The number of benzene rings is 2. The van der Waals surface area contributed by atoms with Gasteiger partial charge in [-0.3, -0.25) is 0 Å². The number of hydrogen-bond acceptors (Lipinski definition) is 2. The van der Waals surface area contributed by atoms with Gasteiger partial charge >= 0.3 is 0 Å². The molecule has 2 nitrogen and oxygen atoms in total. The highest BCUT2D eigenvalue weighted by Gasteiger charge is 2.11. The first-order valence-electron chi connectivity index (χ1n) is 6.57. The molecule has 19 heavy (non-hydrogen) atoms. The summed E-state index contributed by atoms with van der Waals surface area (Å²) < 4.78 is 1.13.